The number of carbonyl (C=O) groups excluding carboxylic acids is 1. The van der Waals surface area contributed by atoms with E-state index in [2.05, 4.69) is 58.8 Å². The maximum absolute atomic E-state index is 11.5. The minimum absolute atomic E-state index is 0.0875. The largest absolute Gasteiger partial charge is 0.338 e. The summed E-state index contributed by atoms with van der Waals surface area (Å²) < 4.78 is 1.11. The fraction of sp³-hybridized carbons (Fsp3) is 0.583. The second-order valence-corrected chi connectivity index (χ2v) is 7.06. The van der Waals surface area contributed by atoms with E-state index in [0.717, 1.165) is 10.9 Å². The highest BCUT2D eigenvalue weighted by molar-refractivity contribution is 9.10. The van der Waals surface area contributed by atoms with Crippen LogP contribution in [0.2, 0.25) is 0 Å². The van der Waals surface area contributed by atoms with Gasteiger partial charge in [-0.2, -0.15) is 0 Å². The van der Waals surface area contributed by atoms with Gasteiger partial charge in [0, 0.05) is 27.8 Å². The van der Waals surface area contributed by atoms with Crippen LogP contribution in [-0.2, 0) is 6.42 Å². The van der Waals surface area contributed by atoms with E-state index in [1.165, 1.54) is 4.88 Å². The van der Waals surface area contributed by atoms with Crippen LogP contribution in [-0.4, -0.2) is 19.1 Å². The van der Waals surface area contributed by atoms with Gasteiger partial charge in [0.1, 0.15) is 0 Å². The normalized spacial score (nSPS) is 11.3. The summed E-state index contributed by atoms with van der Waals surface area (Å²) in [7, 11) is 0. The van der Waals surface area contributed by atoms with E-state index in [0.29, 0.717) is 13.1 Å². The molecule has 3 nitrogen and oxygen atoms in total. The fourth-order valence-corrected chi connectivity index (χ4v) is 2.65. The van der Waals surface area contributed by atoms with Gasteiger partial charge in [-0.3, -0.25) is 0 Å². The minimum atomic E-state index is -0.0875. The van der Waals surface area contributed by atoms with Gasteiger partial charge in [-0.1, -0.05) is 20.8 Å². The number of thiophene rings is 1. The Bertz CT molecular complexity index is 371. The Labute approximate surface area is 115 Å². The van der Waals surface area contributed by atoms with Gasteiger partial charge in [0.2, 0.25) is 0 Å². The van der Waals surface area contributed by atoms with Crippen LogP contribution in [0.4, 0.5) is 4.79 Å². The highest BCUT2D eigenvalue weighted by Gasteiger charge is 2.11. The first kappa shape index (κ1) is 14.5. The van der Waals surface area contributed by atoms with Gasteiger partial charge in [-0.05, 0) is 33.8 Å². The van der Waals surface area contributed by atoms with Crippen LogP contribution in [0.3, 0.4) is 0 Å². The maximum Gasteiger partial charge on any atom is 0.314 e. The van der Waals surface area contributed by atoms with Crippen LogP contribution in [0.15, 0.2) is 15.9 Å². The van der Waals surface area contributed by atoms with E-state index in [1.807, 2.05) is 0 Å². The summed E-state index contributed by atoms with van der Waals surface area (Å²) in [6.07, 6.45) is 0.874. The predicted octanol–water partition coefficient (Wildman–Crippen LogP) is 3.40. The van der Waals surface area contributed by atoms with Crippen LogP contribution in [0.1, 0.15) is 25.6 Å². The van der Waals surface area contributed by atoms with E-state index in [9.17, 15) is 4.79 Å². The molecule has 0 fully saturated rings. The zero-order valence-corrected chi connectivity index (χ0v) is 12.9. The Kier molecular flexibility index (Phi) is 5.46. The lowest BCUT2D eigenvalue weighted by atomic mass is 9.97. The van der Waals surface area contributed by atoms with Crippen molar-refractivity contribution < 1.29 is 4.79 Å². The number of halogens is 1. The van der Waals surface area contributed by atoms with Gasteiger partial charge in [0.15, 0.2) is 0 Å². The first-order valence-corrected chi connectivity index (χ1v) is 7.29. The lowest BCUT2D eigenvalue weighted by Gasteiger charge is -2.18. The summed E-state index contributed by atoms with van der Waals surface area (Å²) in [6, 6.07) is 2.00. The van der Waals surface area contributed by atoms with Crippen LogP contribution in [0.25, 0.3) is 0 Å². The van der Waals surface area contributed by atoms with Crippen molar-refractivity contribution in [1.82, 2.24) is 10.6 Å². The quantitative estimate of drug-likeness (QED) is 0.877. The van der Waals surface area contributed by atoms with Crippen molar-refractivity contribution in [2.45, 2.75) is 27.2 Å². The third kappa shape index (κ3) is 6.68. The molecule has 1 aromatic heterocycles. The first-order chi connectivity index (χ1) is 7.87. The molecule has 0 bridgehead atoms. The number of hydrogen-bond acceptors (Lipinski definition) is 2. The number of amides is 2. The molecule has 0 saturated carbocycles. The van der Waals surface area contributed by atoms with Crippen molar-refractivity contribution in [3.63, 3.8) is 0 Å². The molecule has 0 unspecified atom stereocenters. The summed E-state index contributed by atoms with van der Waals surface area (Å²) in [5, 5.41) is 7.76. The van der Waals surface area contributed by atoms with Crippen LogP contribution < -0.4 is 10.6 Å². The Morgan fingerprint density at radius 3 is 2.65 bits per heavy atom. The standard InChI is InChI=1S/C12H19BrN2OS/c1-12(2,3)8-15-11(16)14-5-4-10-6-9(13)7-17-10/h6-7H,4-5,8H2,1-3H3,(H2,14,15,16). The van der Waals surface area contributed by atoms with Crippen molar-refractivity contribution in [2.24, 2.45) is 5.41 Å². The number of urea groups is 1. The molecule has 0 aliphatic heterocycles. The van der Waals surface area contributed by atoms with Crippen LogP contribution in [0.5, 0.6) is 0 Å². The Balaban J connectivity index is 2.16. The summed E-state index contributed by atoms with van der Waals surface area (Å²) in [5.41, 5.74) is 0.121. The molecule has 0 aliphatic rings. The maximum atomic E-state index is 11.5. The van der Waals surface area contributed by atoms with Crippen LogP contribution >= 0.6 is 27.3 Å². The molecule has 0 aliphatic carbocycles. The highest BCUT2D eigenvalue weighted by atomic mass is 79.9. The fourth-order valence-electron chi connectivity index (χ4n) is 1.19. The Morgan fingerprint density at radius 1 is 1.41 bits per heavy atom. The first-order valence-electron chi connectivity index (χ1n) is 5.61. The van der Waals surface area contributed by atoms with E-state index in [1.54, 1.807) is 11.3 Å². The third-order valence-corrected chi connectivity index (χ3v) is 3.82. The Hall–Kier alpha value is -0.550. The zero-order chi connectivity index (χ0) is 12.9. The minimum Gasteiger partial charge on any atom is -0.338 e. The smallest absolute Gasteiger partial charge is 0.314 e. The topological polar surface area (TPSA) is 41.1 Å². The van der Waals surface area contributed by atoms with E-state index in [4.69, 9.17) is 0 Å². The molecular formula is C12H19BrN2OS. The molecule has 96 valence electrons. The van der Waals surface area contributed by atoms with E-state index in [-0.39, 0.29) is 11.4 Å². The van der Waals surface area contributed by atoms with Gasteiger partial charge in [0.25, 0.3) is 0 Å². The second-order valence-electron chi connectivity index (χ2n) is 5.15. The summed E-state index contributed by atoms with van der Waals surface area (Å²) in [6.45, 7) is 7.63. The van der Waals surface area contributed by atoms with Gasteiger partial charge in [-0.15, -0.1) is 11.3 Å². The van der Waals surface area contributed by atoms with Crippen molar-refractivity contribution in [1.29, 1.82) is 0 Å². The van der Waals surface area contributed by atoms with Crippen molar-refractivity contribution in [2.75, 3.05) is 13.1 Å². The molecule has 0 aromatic carbocycles. The average Bonchev–Trinajstić information content (AvgIpc) is 2.60. The summed E-state index contributed by atoms with van der Waals surface area (Å²) in [5.74, 6) is 0. The molecule has 2 amide bonds. The summed E-state index contributed by atoms with van der Waals surface area (Å²) >= 11 is 5.11. The molecule has 5 heteroatoms. The monoisotopic (exact) mass is 318 g/mol. The molecule has 1 rings (SSSR count). The lowest BCUT2D eigenvalue weighted by molar-refractivity contribution is 0.235. The average molecular weight is 319 g/mol. The lowest BCUT2D eigenvalue weighted by Crippen LogP contribution is -2.40. The molecular weight excluding hydrogens is 300 g/mol. The SMILES string of the molecule is CC(C)(C)CNC(=O)NCCc1cc(Br)cs1. The van der Waals surface area contributed by atoms with Gasteiger partial charge in [-0.25, -0.2) is 4.79 Å². The van der Waals surface area contributed by atoms with Crippen molar-refractivity contribution in [3.8, 4) is 0 Å². The van der Waals surface area contributed by atoms with Crippen LogP contribution in [0, 0.1) is 5.41 Å². The molecule has 0 atom stereocenters. The van der Waals surface area contributed by atoms with Gasteiger partial charge >= 0.3 is 6.03 Å². The number of nitrogens with one attached hydrogen (secondary N) is 2. The second kappa shape index (κ2) is 6.40. The summed E-state index contributed by atoms with van der Waals surface area (Å²) in [4.78, 5) is 12.7. The predicted molar refractivity (Wildman–Crippen MR) is 76.6 cm³/mol. The zero-order valence-electron chi connectivity index (χ0n) is 10.5. The van der Waals surface area contributed by atoms with Gasteiger partial charge < -0.3 is 10.6 Å². The number of rotatable bonds is 4. The molecule has 1 heterocycles. The molecule has 0 saturated heterocycles. The molecule has 0 radical (unpaired) electrons. The van der Waals surface area contributed by atoms with Crippen molar-refractivity contribution in [3.05, 3.63) is 20.8 Å². The number of hydrogen-bond donors (Lipinski definition) is 2. The van der Waals surface area contributed by atoms with Crippen molar-refractivity contribution >= 4 is 33.3 Å². The Morgan fingerprint density at radius 2 is 2.12 bits per heavy atom. The third-order valence-electron chi connectivity index (χ3n) is 2.06. The molecule has 2 N–H and O–H groups in total. The van der Waals surface area contributed by atoms with E-state index >= 15 is 0 Å². The molecule has 0 spiro atoms. The highest BCUT2D eigenvalue weighted by Crippen LogP contribution is 2.19. The molecule has 1 aromatic rings. The molecule has 17 heavy (non-hydrogen) atoms. The van der Waals surface area contributed by atoms with E-state index < -0.39 is 0 Å². The number of carbonyl (C=O) groups is 1. The van der Waals surface area contributed by atoms with Gasteiger partial charge in [0.05, 0.1) is 0 Å².